The summed E-state index contributed by atoms with van der Waals surface area (Å²) in [5, 5.41) is 8.20. The van der Waals surface area contributed by atoms with Gasteiger partial charge in [-0.25, -0.2) is 0 Å². The predicted octanol–water partition coefficient (Wildman–Crippen LogP) is 1.66. The Kier molecular flexibility index (Phi) is 5.72. The third-order valence-corrected chi connectivity index (χ3v) is 1.29. The second-order valence-corrected chi connectivity index (χ2v) is 2.47. The number of ether oxygens (including phenoxy) is 1. The molecule has 1 atom stereocenters. The van der Waals surface area contributed by atoms with E-state index in [-0.39, 0.29) is 11.9 Å². The molecule has 0 amide bonds. The second-order valence-electron chi connectivity index (χ2n) is 2.47. The Labute approximate surface area is 72.6 Å². The lowest BCUT2D eigenvalue weighted by Crippen LogP contribution is -2.07. The summed E-state index contributed by atoms with van der Waals surface area (Å²) in [7, 11) is 0. The Morgan fingerprint density at radius 2 is 2.42 bits per heavy atom. The maximum absolute atomic E-state index is 10.9. The van der Waals surface area contributed by atoms with Crippen LogP contribution in [0.2, 0.25) is 0 Å². The van der Waals surface area contributed by atoms with Crippen LogP contribution in [0, 0.1) is 17.2 Å². The minimum Gasteiger partial charge on any atom is -0.466 e. The van der Waals surface area contributed by atoms with Crippen LogP contribution < -0.4 is 0 Å². The molecule has 0 aromatic carbocycles. The van der Waals surface area contributed by atoms with Crippen LogP contribution in [-0.4, -0.2) is 12.6 Å². The van der Waals surface area contributed by atoms with E-state index in [1.54, 1.807) is 13.0 Å². The lowest BCUT2D eigenvalue weighted by molar-refractivity contribution is -0.143. The van der Waals surface area contributed by atoms with Gasteiger partial charge in [0.25, 0.3) is 0 Å². The molecule has 0 aliphatic rings. The van der Waals surface area contributed by atoms with Crippen molar-refractivity contribution in [2.45, 2.75) is 20.3 Å². The molecule has 0 aromatic rings. The van der Waals surface area contributed by atoms with Crippen molar-refractivity contribution in [3.05, 3.63) is 12.2 Å². The lowest BCUT2D eigenvalue weighted by Gasteiger charge is -2.04. The fourth-order valence-electron chi connectivity index (χ4n) is 0.758. The van der Waals surface area contributed by atoms with E-state index in [1.165, 1.54) is 6.08 Å². The van der Waals surface area contributed by atoms with Gasteiger partial charge in [-0.15, -0.1) is 0 Å². The van der Waals surface area contributed by atoms with Crippen molar-refractivity contribution in [2.75, 3.05) is 6.61 Å². The summed E-state index contributed by atoms with van der Waals surface area (Å²) in [6.07, 6.45) is 3.41. The van der Waals surface area contributed by atoms with Gasteiger partial charge in [-0.05, 0) is 12.8 Å². The highest BCUT2D eigenvalue weighted by atomic mass is 16.5. The third-order valence-electron chi connectivity index (χ3n) is 1.29. The van der Waals surface area contributed by atoms with Crippen LogP contribution in [0.1, 0.15) is 20.3 Å². The Morgan fingerprint density at radius 3 is 2.92 bits per heavy atom. The number of hydrogen-bond acceptors (Lipinski definition) is 3. The van der Waals surface area contributed by atoms with Gasteiger partial charge in [-0.1, -0.05) is 13.0 Å². The lowest BCUT2D eigenvalue weighted by atomic mass is 10.1. The highest BCUT2D eigenvalue weighted by Gasteiger charge is 2.05. The van der Waals surface area contributed by atoms with Crippen molar-refractivity contribution in [1.29, 1.82) is 5.26 Å². The molecule has 66 valence electrons. The SMILES string of the molecule is CCOC(=O)CC(C)/C=C/C#N. The monoisotopic (exact) mass is 167 g/mol. The summed E-state index contributed by atoms with van der Waals surface area (Å²) in [5.74, 6) is -0.142. The Bertz CT molecular complexity index is 203. The molecule has 0 aromatic heterocycles. The standard InChI is InChI=1S/C9H13NO2/c1-3-12-9(11)7-8(2)5-4-6-10/h4-5,8H,3,7H2,1-2H3/b5-4+. The Hall–Kier alpha value is -1.30. The van der Waals surface area contributed by atoms with Crippen molar-refractivity contribution in [2.24, 2.45) is 5.92 Å². The first-order valence-corrected chi connectivity index (χ1v) is 3.92. The van der Waals surface area contributed by atoms with Gasteiger partial charge in [-0.2, -0.15) is 5.26 Å². The smallest absolute Gasteiger partial charge is 0.306 e. The predicted molar refractivity (Wildman–Crippen MR) is 45.2 cm³/mol. The zero-order valence-electron chi connectivity index (χ0n) is 7.41. The zero-order chi connectivity index (χ0) is 9.40. The topological polar surface area (TPSA) is 50.1 Å². The first-order chi connectivity index (χ1) is 5.70. The molecule has 3 heteroatoms. The summed E-state index contributed by atoms with van der Waals surface area (Å²) < 4.78 is 4.74. The van der Waals surface area contributed by atoms with E-state index >= 15 is 0 Å². The molecule has 0 rings (SSSR count). The number of carbonyl (C=O) groups excluding carboxylic acids is 1. The molecule has 0 bridgehead atoms. The van der Waals surface area contributed by atoms with Gasteiger partial charge >= 0.3 is 5.97 Å². The number of nitrogens with zero attached hydrogens (tertiary/aromatic N) is 1. The van der Waals surface area contributed by atoms with Gasteiger partial charge in [0.15, 0.2) is 0 Å². The molecule has 1 unspecified atom stereocenters. The molecule has 0 radical (unpaired) electrons. The number of allylic oxidation sites excluding steroid dienone is 2. The third kappa shape index (κ3) is 5.48. The molecule has 0 spiro atoms. The van der Waals surface area contributed by atoms with Crippen molar-refractivity contribution in [3.63, 3.8) is 0 Å². The van der Waals surface area contributed by atoms with Crippen LogP contribution in [-0.2, 0) is 9.53 Å². The van der Waals surface area contributed by atoms with E-state index in [1.807, 2.05) is 13.0 Å². The number of nitriles is 1. The maximum Gasteiger partial charge on any atom is 0.306 e. The van der Waals surface area contributed by atoms with E-state index in [0.717, 1.165) is 0 Å². The summed E-state index contributed by atoms with van der Waals surface area (Å²) >= 11 is 0. The average molecular weight is 167 g/mol. The summed E-state index contributed by atoms with van der Waals surface area (Å²) in [6.45, 7) is 4.05. The van der Waals surface area contributed by atoms with Gasteiger partial charge in [0.2, 0.25) is 0 Å². The van der Waals surface area contributed by atoms with Crippen molar-refractivity contribution >= 4 is 5.97 Å². The van der Waals surface area contributed by atoms with Gasteiger partial charge < -0.3 is 4.74 Å². The highest BCUT2D eigenvalue weighted by molar-refractivity contribution is 5.69. The molecule has 0 saturated carbocycles. The molecule has 3 nitrogen and oxygen atoms in total. The molecule has 0 aliphatic heterocycles. The number of carbonyl (C=O) groups is 1. The quantitative estimate of drug-likeness (QED) is 0.472. The van der Waals surface area contributed by atoms with Crippen LogP contribution in [0.15, 0.2) is 12.2 Å². The van der Waals surface area contributed by atoms with E-state index in [2.05, 4.69) is 0 Å². The minimum absolute atomic E-state index is 0.0729. The molecule has 0 aliphatic carbocycles. The largest absolute Gasteiger partial charge is 0.466 e. The van der Waals surface area contributed by atoms with Crippen LogP contribution in [0.5, 0.6) is 0 Å². The fraction of sp³-hybridized carbons (Fsp3) is 0.556. The first kappa shape index (κ1) is 10.7. The van der Waals surface area contributed by atoms with Crippen molar-refractivity contribution < 1.29 is 9.53 Å². The Balaban J connectivity index is 3.70. The average Bonchev–Trinajstić information content (AvgIpc) is 2.01. The molecular formula is C9H13NO2. The summed E-state index contributed by atoms with van der Waals surface area (Å²) in [4.78, 5) is 10.9. The van der Waals surface area contributed by atoms with E-state index in [0.29, 0.717) is 13.0 Å². The van der Waals surface area contributed by atoms with Gasteiger partial charge in [0, 0.05) is 6.08 Å². The van der Waals surface area contributed by atoms with E-state index < -0.39 is 0 Å². The van der Waals surface area contributed by atoms with Crippen molar-refractivity contribution in [3.8, 4) is 6.07 Å². The van der Waals surface area contributed by atoms with Gasteiger partial charge in [-0.3, -0.25) is 4.79 Å². The number of hydrogen-bond donors (Lipinski definition) is 0. The Morgan fingerprint density at radius 1 is 1.75 bits per heavy atom. The van der Waals surface area contributed by atoms with E-state index in [4.69, 9.17) is 10.00 Å². The van der Waals surface area contributed by atoms with Crippen LogP contribution >= 0.6 is 0 Å². The normalized spacial score (nSPS) is 12.4. The highest BCUT2D eigenvalue weighted by Crippen LogP contribution is 2.04. The summed E-state index contributed by atoms with van der Waals surface area (Å²) in [5.41, 5.74) is 0. The molecule has 0 saturated heterocycles. The van der Waals surface area contributed by atoms with Gasteiger partial charge in [0.05, 0.1) is 19.1 Å². The number of esters is 1. The second kappa shape index (κ2) is 6.41. The molecule has 12 heavy (non-hydrogen) atoms. The van der Waals surface area contributed by atoms with Crippen LogP contribution in [0.25, 0.3) is 0 Å². The van der Waals surface area contributed by atoms with Crippen molar-refractivity contribution in [1.82, 2.24) is 0 Å². The zero-order valence-corrected chi connectivity index (χ0v) is 7.41. The maximum atomic E-state index is 10.9. The molecule has 0 N–H and O–H groups in total. The molecule has 0 fully saturated rings. The first-order valence-electron chi connectivity index (χ1n) is 3.92. The summed E-state index contributed by atoms with van der Waals surface area (Å²) in [6, 6.07) is 1.87. The van der Waals surface area contributed by atoms with E-state index in [9.17, 15) is 4.79 Å². The van der Waals surface area contributed by atoms with Gasteiger partial charge in [0.1, 0.15) is 0 Å². The van der Waals surface area contributed by atoms with Crippen LogP contribution in [0.4, 0.5) is 0 Å². The number of rotatable bonds is 4. The molecule has 0 heterocycles. The van der Waals surface area contributed by atoms with Crippen LogP contribution in [0.3, 0.4) is 0 Å². The fourth-order valence-corrected chi connectivity index (χ4v) is 0.758. The minimum atomic E-state index is -0.215. The molecular weight excluding hydrogens is 154 g/mol.